The van der Waals surface area contributed by atoms with Gasteiger partial charge in [-0.1, -0.05) is 31.2 Å². The SMILES string of the molecule is CC1CC(=O)N(Cc2ccc(CCN)cc2)C1=O. The third-order valence-corrected chi connectivity index (χ3v) is 3.27. The second kappa shape index (κ2) is 5.31. The Hall–Kier alpha value is -1.68. The summed E-state index contributed by atoms with van der Waals surface area (Å²) in [6, 6.07) is 7.90. The van der Waals surface area contributed by atoms with Crippen molar-refractivity contribution in [3.8, 4) is 0 Å². The third-order valence-electron chi connectivity index (χ3n) is 3.27. The Kier molecular flexibility index (Phi) is 3.77. The van der Waals surface area contributed by atoms with Gasteiger partial charge in [-0.05, 0) is 24.1 Å². The standard InChI is InChI=1S/C14H18N2O2/c1-10-8-13(17)16(14(10)18)9-12-4-2-11(3-5-12)6-7-15/h2-5,10H,6-9,15H2,1H3. The lowest BCUT2D eigenvalue weighted by atomic mass is 10.1. The van der Waals surface area contributed by atoms with Crippen LogP contribution in [0, 0.1) is 5.92 Å². The van der Waals surface area contributed by atoms with Crippen LogP contribution in [0.25, 0.3) is 0 Å². The molecule has 2 rings (SSSR count). The molecule has 1 fully saturated rings. The van der Waals surface area contributed by atoms with Crippen molar-refractivity contribution in [3.63, 3.8) is 0 Å². The molecule has 2 N–H and O–H groups in total. The van der Waals surface area contributed by atoms with E-state index in [1.807, 2.05) is 24.3 Å². The van der Waals surface area contributed by atoms with Gasteiger partial charge in [-0.25, -0.2) is 0 Å². The van der Waals surface area contributed by atoms with E-state index in [0.717, 1.165) is 12.0 Å². The van der Waals surface area contributed by atoms with E-state index >= 15 is 0 Å². The number of carbonyl (C=O) groups is 2. The summed E-state index contributed by atoms with van der Waals surface area (Å²) in [5, 5.41) is 0. The molecule has 96 valence electrons. The van der Waals surface area contributed by atoms with Crippen LogP contribution in [0.5, 0.6) is 0 Å². The van der Waals surface area contributed by atoms with Gasteiger partial charge in [0, 0.05) is 12.3 Å². The molecule has 4 nitrogen and oxygen atoms in total. The Balaban J connectivity index is 2.05. The van der Waals surface area contributed by atoms with Gasteiger partial charge in [0.2, 0.25) is 11.8 Å². The Labute approximate surface area is 107 Å². The first kappa shape index (κ1) is 12.8. The monoisotopic (exact) mass is 246 g/mol. The van der Waals surface area contributed by atoms with Crippen LogP contribution in [-0.2, 0) is 22.6 Å². The van der Waals surface area contributed by atoms with Gasteiger partial charge in [-0.2, -0.15) is 0 Å². The molecule has 1 saturated heterocycles. The number of hydrogen-bond acceptors (Lipinski definition) is 3. The van der Waals surface area contributed by atoms with Gasteiger partial charge in [-0.15, -0.1) is 0 Å². The van der Waals surface area contributed by atoms with Crippen molar-refractivity contribution in [2.75, 3.05) is 6.54 Å². The van der Waals surface area contributed by atoms with Crippen LogP contribution in [0.2, 0.25) is 0 Å². The summed E-state index contributed by atoms with van der Waals surface area (Å²) in [6.07, 6.45) is 1.18. The Morgan fingerprint density at radius 2 is 1.83 bits per heavy atom. The van der Waals surface area contributed by atoms with E-state index in [9.17, 15) is 9.59 Å². The third kappa shape index (κ3) is 2.59. The first-order valence-corrected chi connectivity index (χ1v) is 6.24. The molecule has 1 aliphatic rings. The van der Waals surface area contributed by atoms with Crippen molar-refractivity contribution < 1.29 is 9.59 Å². The fourth-order valence-corrected chi connectivity index (χ4v) is 2.18. The molecule has 1 aromatic rings. The number of likely N-dealkylation sites (tertiary alicyclic amines) is 1. The van der Waals surface area contributed by atoms with E-state index in [2.05, 4.69) is 0 Å². The molecule has 0 bridgehead atoms. The first-order valence-electron chi connectivity index (χ1n) is 6.24. The molecule has 4 heteroatoms. The van der Waals surface area contributed by atoms with Crippen molar-refractivity contribution in [1.82, 2.24) is 4.90 Å². The number of nitrogens with zero attached hydrogens (tertiary/aromatic N) is 1. The quantitative estimate of drug-likeness (QED) is 0.809. The zero-order valence-corrected chi connectivity index (χ0v) is 10.6. The molecule has 1 aromatic carbocycles. The highest BCUT2D eigenvalue weighted by Gasteiger charge is 2.35. The molecule has 0 radical (unpaired) electrons. The lowest BCUT2D eigenvalue weighted by molar-refractivity contribution is -0.139. The summed E-state index contributed by atoms with van der Waals surface area (Å²) in [6.45, 7) is 2.80. The number of amides is 2. The largest absolute Gasteiger partial charge is 0.330 e. The van der Waals surface area contributed by atoms with Gasteiger partial charge < -0.3 is 5.73 Å². The van der Waals surface area contributed by atoms with Gasteiger partial charge >= 0.3 is 0 Å². The Morgan fingerprint density at radius 1 is 1.22 bits per heavy atom. The van der Waals surface area contributed by atoms with Crippen LogP contribution in [0.3, 0.4) is 0 Å². The number of hydrogen-bond donors (Lipinski definition) is 1. The second-order valence-electron chi connectivity index (χ2n) is 4.78. The Morgan fingerprint density at radius 3 is 2.33 bits per heavy atom. The van der Waals surface area contributed by atoms with Gasteiger partial charge in [0.05, 0.1) is 6.54 Å². The minimum atomic E-state index is -0.172. The van der Waals surface area contributed by atoms with E-state index < -0.39 is 0 Å². The number of imide groups is 1. The summed E-state index contributed by atoms with van der Waals surface area (Å²) >= 11 is 0. The highest BCUT2D eigenvalue weighted by atomic mass is 16.2. The molecule has 2 amide bonds. The highest BCUT2D eigenvalue weighted by Crippen LogP contribution is 2.21. The smallest absolute Gasteiger partial charge is 0.232 e. The molecule has 1 heterocycles. The molecule has 1 unspecified atom stereocenters. The van der Waals surface area contributed by atoms with Crippen LogP contribution >= 0.6 is 0 Å². The van der Waals surface area contributed by atoms with Gasteiger partial charge in [-0.3, -0.25) is 14.5 Å². The number of rotatable bonds is 4. The molecule has 18 heavy (non-hydrogen) atoms. The summed E-state index contributed by atoms with van der Waals surface area (Å²) in [4.78, 5) is 24.8. The maximum Gasteiger partial charge on any atom is 0.232 e. The van der Waals surface area contributed by atoms with Gasteiger partial charge in [0.15, 0.2) is 0 Å². The average molecular weight is 246 g/mol. The average Bonchev–Trinajstić information content (AvgIpc) is 2.59. The summed E-state index contributed by atoms with van der Waals surface area (Å²) in [7, 11) is 0. The lowest BCUT2D eigenvalue weighted by Gasteiger charge is -2.14. The van der Waals surface area contributed by atoms with Crippen LogP contribution < -0.4 is 5.73 Å². The van der Waals surface area contributed by atoms with Crippen LogP contribution in [0.4, 0.5) is 0 Å². The minimum absolute atomic E-state index is 0.0639. The van der Waals surface area contributed by atoms with E-state index in [-0.39, 0.29) is 17.7 Å². The number of carbonyl (C=O) groups excluding carboxylic acids is 2. The van der Waals surface area contributed by atoms with Gasteiger partial charge in [0.25, 0.3) is 0 Å². The van der Waals surface area contributed by atoms with Crippen molar-refractivity contribution in [1.29, 1.82) is 0 Å². The second-order valence-corrected chi connectivity index (χ2v) is 4.78. The molecular weight excluding hydrogens is 228 g/mol. The van der Waals surface area contributed by atoms with Crippen LogP contribution in [0.1, 0.15) is 24.5 Å². The predicted octanol–water partition coefficient (Wildman–Crippen LogP) is 1.08. The van der Waals surface area contributed by atoms with E-state index in [1.54, 1.807) is 6.92 Å². The van der Waals surface area contributed by atoms with Crippen LogP contribution in [0.15, 0.2) is 24.3 Å². The fourth-order valence-electron chi connectivity index (χ4n) is 2.18. The maximum atomic E-state index is 11.8. The number of nitrogens with two attached hydrogens (primary N) is 1. The summed E-state index contributed by atoms with van der Waals surface area (Å²) < 4.78 is 0. The van der Waals surface area contributed by atoms with Crippen molar-refractivity contribution in [2.45, 2.75) is 26.3 Å². The molecule has 1 aliphatic heterocycles. The van der Waals surface area contributed by atoms with Crippen molar-refractivity contribution in [2.24, 2.45) is 11.7 Å². The molecule has 0 spiro atoms. The van der Waals surface area contributed by atoms with Gasteiger partial charge in [0.1, 0.15) is 0 Å². The predicted molar refractivity (Wildman–Crippen MR) is 68.5 cm³/mol. The number of benzene rings is 1. The van der Waals surface area contributed by atoms with Crippen molar-refractivity contribution >= 4 is 11.8 Å². The molecular formula is C14H18N2O2. The first-order chi connectivity index (χ1) is 8.61. The highest BCUT2D eigenvalue weighted by molar-refractivity contribution is 6.03. The molecule has 1 atom stereocenters. The van der Waals surface area contributed by atoms with Crippen LogP contribution in [-0.4, -0.2) is 23.3 Å². The van der Waals surface area contributed by atoms with Crippen molar-refractivity contribution in [3.05, 3.63) is 35.4 Å². The normalized spacial score (nSPS) is 19.7. The van der Waals surface area contributed by atoms with E-state index in [4.69, 9.17) is 5.73 Å². The topological polar surface area (TPSA) is 63.4 Å². The molecule has 0 aliphatic carbocycles. The lowest BCUT2D eigenvalue weighted by Crippen LogP contribution is -2.29. The summed E-state index contributed by atoms with van der Waals surface area (Å²) in [5.74, 6) is -0.307. The Bertz CT molecular complexity index is 453. The van der Waals surface area contributed by atoms with E-state index in [0.29, 0.717) is 19.5 Å². The molecule has 0 saturated carbocycles. The minimum Gasteiger partial charge on any atom is -0.330 e. The maximum absolute atomic E-state index is 11.8. The zero-order chi connectivity index (χ0) is 13.1. The fraction of sp³-hybridized carbons (Fsp3) is 0.429. The van der Waals surface area contributed by atoms with E-state index in [1.165, 1.54) is 10.5 Å². The molecule has 0 aromatic heterocycles. The zero-order valence-electron chi connectivity index (χ0n) is 10.6. The summed E-state index contributed by atoms with van der Waals surface area (Å²) in [5.41, 5.74) is 7.64.